The van der Waals surface area contributed by atoms with Crippen molar-refractivity contribution in [2.75, 3.05) is 13.7 Å². The zero-order chi connectivity index (χ0) is 9.84. The number of phenolic OH excluding ortho intramolecular Hbond substituents is 1. The number of aliphatic hydroxyl groups excluding tert-OH is 1. The highest BCUT2D eigenvalue weighted by Crippen LogP contribution is 2.20. The molecule has 1 aromatic carbocycles. The molecule has 0 bridgehead atoms. The summed E-state index contributed by atoms with van der Waals surface area (Å²) in [5.74, 6) is -1.05. The predicted octanol–water partition coefficient (Wildman–Crippen LogP) is 0.784. The van der Waals surface area contributed by atoms with Gasteiger partial charge in [0.25, 0.3) is 0 Å². The molecule has 0 aromatic heterocycles. The number of aromatic hydroxyl groups is 1. The SMILES string of the molecule is CNC(CO)c1ccc(O)c(F)c1. The maximum absolute atomic E-state index is 12.9. The second-order valence-electron chi connectivity index (χ2n) is 2.73. The first-order valence-corrected chi connectivity index (χ1v) is 3.95. The molecule has 0 saturated carbocycles. The van der Waals surface area contributed by atoms with E-state index in [-0.39, 0.29) is 18.4 Å². The summed E-state index contributed by atoms with van der Waals surface area (Å²) in [4.78, 5) is 0. The second-order valence-corrected chi connectivity index (χ2v) is 2.73. The Morgan fingerprint density at radius 1 is 1.54 bits per heavy atom. The Kier molecular flexibility index (Phi) is 3.22. The van der Waals surface area contributed by atoms with E-state index in [9.17, 15) is 4.39 Å². The van der Waals surface area contributed by atoms with Gasteiger partial charge in [-0.2, -0.15) is 0 Å². The van der Waals surface area contributed by atoms with Crippen molar-refractivity contribution in [3.05, 3.63) is 29.6 Å². The third-order valence-electron chi connectivity index (χ3n) is 1.91. The number of aliphatic hydroxyl groups is 1. The van der Waals surface area contributed by atoms with Crippen molar-refractivity contribution in [3.8, 4) is 5.75 Å². The van der Waals surface area contributed by atoms with E-state index < -0.39 is 5.82 Å². The van der Waals surface area contributed by atoms with Gasteiger partial charge in [-0.15, -0.1) is 0 Å². The fourth-order valence-electron chi connectivity index (χ4n) is 1.10. The van der Waals surface area contributed by atoms with Crippen LogP contribution in [-0.4, -0.2) is 23.9 Å². The predicted molar refractivity (Wildman–Crippen MR) is 47.0 cm³/mol. The summed E-state index contributed by atoms with van der Waals surface area (Å²) < 4.78 is 12.9. The molecule has 4 heteroatoms. The minimum Gasteiger partial charge on any atom is -0.505 e. The van der Waals surface area contributed by atoms with Crippen LogP contribution in [0.3, 0.4) is 0 Å². The van der Waals surface area contributed by atoms with E-state index in [0.29, 0.717) is 5.56 Å². The highest BCUT2D eigenvalue weighted by Gasteiger charge is 2.09. The topological polar surface area (TPSA) is 52.5 Å². The van der Waals surface area contributed by atoms with Gasteiger partial charge < -0.3 is 15.5 Å². The van der Waals surface area contributed by atoms with Gasteiger partial charge in [-0.05, 0) is 24.7 Å². The van der Waals surface area contributed by atoms with E-state index in [1.165, 1.54) is 12.1 Å². The Morgan fingerprint density at radius 2 is 2.23 bits per heavy atom. The third kappa shape index (κ3) is 2.17. The Balaban J connectivity index is 2.95. The number of halogens is 1. The number of nitrogens with one attached hydrogen (secondary N) is 1. The van der Waals surface area contributed by atoms with Crippen LogP contribution in [0.25, 0.3) is 0 Å². The van der Waals surface area contributed by atoms with Gasteiger partial charge >= 0.3 is 0 Å². The Labute approximate surface area is 75.8 Å². The van der Waals surface area contributed by atoms with Crippen molar-refractivity contribution in [3.63, 3.8) is 0 Å². The Bertz CT molecular complexity index is 287. The molecule has 0 fully saturated rings. The van der Waals surface area contributed by atoms with Crippen molar-refractivity contribution in [2.45, 2.75) is 6.04 Å². The highest BCUT2D eigenvalue weighted by atomic mass is 19.1. The Morgan fingerprint density at radius 3 is 2.69 bits per heavy atom. The van der Waals surface area contributed by atoms with Gasteiger partial charge in [0.2, 0.25) is 0 Å². The minimum atomic E-state index is -0.675. The van der Waals surface area contributed by atoms with Crippen molar-refractivity contribution in [2.24, 2.45) is 0 Å². The molecule has 0 amide bonds. The standard InChI is InChI=1S/C9H12FNO2/c1-11-8(5-12)6-2-3-9(13)7(10)4-6/h2-4,8,11-13H,5H2,1H3. The van der Waals surface area contributed by atoms with Crippen molar-refractivity contribution < 1.29 is 14.6 Å². The lowest BCUT2D eigenvalue weighted by Crippen LogP contribution is -2.19. The molecule has 13 heavy (non-hydrogen) atoms. The average Bonchev–Trinajstić information content (AvgIpc) is 2.13. The number of hydrogen-bond acceptors (Lipinski definition) is 3. The van der Waals surface area contributed by atoms with Gasteiger partial charge in [-0.25, -0.2) is 4.39 Å². The van der Waals surface area contributed by atoms with E-state index in [2.05, 4.69) is 5.32 Å². The average molecular weight is 185 g/mol. The van der Waals surface area contributed by atoms with E-state index in [4.69, 9.17) is 10.2 Å². The van der Waals surface area contributed by atoms with Crippen LogP contribution in [0.1, 0.15) is 11.6 Å². The van der Waals surface area contributed by atoms with Crippen molar-refractivity contribution in [1.29, 1.82) is 0 Å². The molecule has 3 N–H and O–H groups in total. The minimum absolute atomic E-state index is 0.110. The molecule has 3 nitrogen and oxygen atoms in total. The quantitative estimate of drug-likeness (QED) is 0.652. The van der Waals surface area contributed by atoms with Crippen molar-refractivity contribution in [1.82, 2.24) is 5.32 Å². The van der Waals surface area contributed by atoms with Gasteiger partial charge in [0, 0.05) is 0 Å². The summed E-state index contributed by atoms with van der Waals surface area (Å²) in [6.45, 7) is -0.110. The number of rotatable bonds is 3. The summed E-state index contributed by atoms with van der Waals surface area (Å²) in [5, 5.41) is 20.6. The molecule has 0 aliphatic rings. The number of hydrogen-bond donors (Lipinski definition) is 3. The fraction of sp³-hybridized carbons (Fsp3) is 0.333. The molecule has 1 rings (SSSR count). The van der Waals surface area contributed by atoms with Gasteiger partial charge in [-0.1, -0.05) is 6.07 Å². The summed E-state index contributed by atoms with van der Waals surface area (Å²) in [5.41, 5.74) is 0.611. The first-order chi connectivity index (χ1) is 6.19. The molecule has 0 spiro atoms. The van der Waals surface area contributed by atoms with Crippen molar-refractivity contribution >= 4 is 0 Å². The molecule has 72 valence electrons. The van der Waals surface area contributed by atoms with Gasteiger partial charge in [0.05, 0.1) is 12.6 Å². The molecule has 1 unspecified atom stereocenters. The zero-order valence-electron chi connectivity index (χ0n) is 7.29. The van der Waals surface area contributed by atoms with Crippen LogP contribution < -0.4 is 5.32 Å². The molecule has 0 aliphatic carbocycles. The second kappa shape index (κ2) is 4.20. The molecule has 0 aliphatic heterocycles. The third-order valence-corrected chi connectivity index (χ3v) is 1.91. The van der Waals surface area contributed by atoms with E-state index in [1.807, 2.05) is 0 Å². The van der Waals surface area contributed by atoms with Crippen LogP contribution in [0, 0.1) is 5.82 Å². The first kappa shape index (κ1) is 9.95. The fourth-order valence-corrected chi connectivity index (χ4v) is 1.10. The van der Waals surface area contributed by atoms with E-state index in [1.54, 1.807) is 13.1 Å². The molecule has 1 aromatic rings. The molecule has 0 radical (unpaired) electrons. The van der Waals surface area contributed by atoms with Crippen LogP contribution in [0.2, 0.25) is 0 Å². The monoisotopic (exact) mass is 185 g/mol. The van der Waals surface area contributed by atoms with Crippen LogP contribution in [0.5, 0.6) is 5.75 Å². The number of benzene rings is 1. The van der Waals surface area contributed by atoms with Gasteiger partial charge in [0.1, 0.15) is 0 Å². The molecule has 0 saturated heterocycles. The van der Waals surface area contributed by atoms with Crippen LogP contribution in [0.4, 0.5) is 4.39 Å². The maximum atomic E-state index is 12.9. The zero-order valence-corrected chi connectivity index (χ0v) is 7.29. The molecule has 0 heterocycles. The maximum Gasteiger partial charge on any atom is 0.165 e. The number of likely N-dealkylation sites (N-methyl/N-ethyl adjacent to an activating group) is 1. The normalized spacial score (nSPS) is 12.8. The molecular formula is C9H12FNO2. The highest BCUT2D eigenvalue weighted by molar-refractivity contribution is 5.29. The first-order valence-electron chi connectivity index (χ1n) is 3.95. The van der Waals surface area contributed by atoms with Gasteiger partial charge in [-0.3, -0.25) is 0 Å². The summed E-state index contributed by atoms with van der Waals surface area (Å²) in [7, 11) is 1.67. The smallest absolute Gasteiger partial charge is 0.165 e. The van der Waals surface area contributed by atoms with Crippen LogP contribution in [-0.2, 0) is 0 Å². The van der Waals surface area contributed by atoms with Crippen LogP contribution >= 0.6 is 0 Å². The lowest BCUT2D eigenvalue weighted by Gasteiger charge is -2.13. The Hall–Kier alpha value is -1.13. The summed E-state index contributed by atoms with van der Waals surface area (Å²) >= 11 is 0. The molecular weight excluding hydrogens is 173 g/mol. The summed E-state index contributed by atoms with van der Waals surface area (Å²) in [6.07, 6.45) is 0. The lowest BCUT2D eigenvalue weighted by atomic mass is 10.1. The van der Waals surface area contributed by atoms with Gasteiger partial charge in [0.15, 0.2) is 11.6 Å². The largest absolute Gasteiger partial charge is 0.505 e. The molecule has 1 atom stereocenters. The summed E-state index contributed by atoms with van der Waals surface area (Å²) in [6, 6.07) is 3.74. The number of phenols is 1. The lowest BCUT2D eigenvalue weighted by molar-refractivity contribution is 0.250. The van der Waals surface area contributed by atoms with E-state index >= 15 is 0 Å². The van der Waals surface area contributed by atoms with E-state index in [0.717, 1.165) is 0 Å². The van der Waals surface area contributed by atoms with Crippen LogP contribution in [0.15, 0.2) is 18.2 Å².